The number of aliphatic hydroxyl groups excluding tert-OH is 1. The zero-order chi connectivity index (χ0) is 12.8. The van der Waals surface area contributed by atoms with E-state index in [4.69, 9.17) is 9.84 Å². The van der Waals surface area contributed by atoms with Crippen LogP contribution in [0.4, 0.5) is 4.79 Å². The summed E-state index contributed by atoms with van der Waals surface area (Å²) >= 11 is 0. The Labute approximate surface area is 96.6 Å². The molecule has 5 nitrogen and oxygen atoms in total. The molecule has 0 radical (unpaired) electrons. The van der Waals surface area contributed by atoms with Gasteiger partial charge < -0.3 is 19.5 Å². The molecule has 0 aliphatic carbocycles. The van der Waals surface area contributed by atoms with E-state index in [1.165, 1.54) is 18.1 Å². The maximum atomic E-state index is 11.5. The lowest BCUT2D eigenvalue weighted by Gasteiger charge is -2.23. The maximum Gasteiger partial charge on any atom is 0.410 e. The Morgan fingerprint density at radius 2 is 2.06 bits per heavy atom. The molecule has 5 heteroatoms. The third-order valence-corrected chi connectivity index (χ3v) is 1.63. The van der Waals surface area contributed by atoms with Crippen LogP contribution in [-0.2, 0) is 9.47 Å². The molecule has 0 aliphatic heterocycles. The maximum absolute atomic E-state index is 11.5. The Bertz CT molecular complexity index is 245. The van der Waals surface area contributed by atoms with Gasteiger partial charge in [-0.05, 0) is 26.8 Å². The number of aliphatic hydroxyl groups is 1. The molecule has 0 saturated heterocycles. The summed E-state index contributed by atoms with van der Waals surface area (Å²) in [7, 11) is 3.02. The summed E-state index contributed by atoms with van der Waals surface area (Å²) in [5.74, 6) is 0. The summed E-state index contributed by atoms with van der Waals surface area (Å²) in [6.07, 6.45) is 1.76. The summed E-state index contributed by atoms with van der Waals surface area (Å²) in [5, 5.41) is 9.05. The number of likely N-dealkylation sites (N-methyl/N-ethyl adjacent to an activating group) is 1. The third kappa shape index (κ3) is 7.25. The zero-order valence-corrected chi connectivity index (χ0v) is 10.6. The van der Waals surface area contributed by atoms with Gasteiger partial charge in [-0.2, -0.15) is 0 Å². The van der Waals surface area contributed by atoms with Gasteiger partial charge in [0.2, 0.25) is 0 Å². The van der Waals surface area contributed by atoms with Crippen LogP contribution in [0.3, 0.4) is 0 Å². The molecule has 0 fully saturated rings. The van der Waals surface area contributed by atoms with E-state index in [1.807, 2.05) is 20.8 Å². The van der Waals surface area contributed by atoms with Crippen LogP contribution in [0.5, 0.6) is 0 Å². The number of hydrogen-bond donors (Lipinski definition) is 1. The van der Waals surface area contributed by atoms with E-state index in [9.17, 15) is 4.79 Å². The molecule has 0 bridgehead atoms. The third-order valence-electron chi connectivity index (χ3n) is 1.63. The number of methoxy groups -OCH3 is 1. The van der Waals surface area contributed by atoms with Crippen molar-refractivity contribution in [3.8, 4) is 0 Å². The number of hydrogen-bond acceptors (Lipinski definition) is 4. The SMILES string of the molecule is COC(O)/C=C/CN(C)C(=O)OC(C)(C)C. The van der Waals surface area contributed by atoms with Gasteiger partial charge in [0.15, 0.2) is 6.29 Å². The molecule has 1 atom stereocenters. The molecule has 16 heavy (non-hydrogen) atoms. The lowest BCUT2D eigenvalue weighted by Crippen LogP contribution is -2.34. The standard InChI is InChI=1S/C11H21NO4/c1-11(2,3)16-10(14)12(4)8-6-7-9(13)15-5/h6-7,9,13H,8H2,1-5H3/b7-6+. The van der Waals surface area contributed by atoms with Crippen molar-refractivity contribution >= 4 is 6.09 Å². The van der Waals surface area contributed by atoms with Crippen molar-refractivity contribution in [1.29, 1.82) is 0 Å². The smallest absolute Gasteiger partial charge is 0.410 e. The van der Waals surface area contributed by atoms with Crippen molar-refractivity contribution in [2.24, 2.45) is 0 Å². The molecule has 0 spiro atoms. The highest BCUT2D eigenvalue weighted by Crippen LogP contribution is 2.08. The number of amides is 1. The van der Waals surface area contributed by atoms with E-state index in [2.05, 4.69) is 4.74 Å². The lowest BCUT2D eigenvalue weighted by atomic mass is 10.2. The monoisotopic (exact) mass is 231 g/mol. The molecular weight excluding hydrogens is 210 g/mol. The van der Waals surface area contributed by atoms with Crippen molar-refractivity contribution in [2.45, 2.75) is 32.7 Å². The first-order valence-corrected chi connectivity index (χ1v) is 5.08. The van der Waals surface area contributed by atoms with Crippen molar-refractivity contribution in [3.63, 3.8) is 0 Å². The lowest BCUT2D eigenvalue weighted by molar-refractivity contribution is -0.0359. The molecule has 0 aromatic rings. The average molecular weight is 231 g/mol. The van der Waals surface area contributed by atoms with Crippen molar-refractivity contribution in [2.75, 3.05) is 20.7 Å². The highest BCUT2D eigenvalue weighted by Gasteiger charge is 2.18. The van der Waals surface area contributed by atoms with E-state index >= 15 is 0 Å². The second-order valence-corrected chi connectivity index (χ2v) is 4.42. The van der Waals surface area contributed by atoms with Crippen LogP contribution in [-0.4, -0.2) is 48.7 Å². The van der Waals surface area contributed by atoms with Crippen LogP contribution in [0.2, 0.25) is 0 Å². The molecule has 0 heterocycles. The Morgan fingerprint density at radius 3 is 2.50 bits per heavy atom. The van der Waals surface area contributed by atoms with E-state index in [0.717, 1.165) is 0 Å². The number of ether oxygens (including phenoxy) is 2. The summed E-state index contributed by atoms with van der Waals surface area (Å²) in [6.45, 7) is 5.78. The van der Waals surface area contributed by atoms with Crippen molar-refractivity contribution < 1.29 is 19.4 Å². The molecular formula is C11H21NO4. The molecule has 0 aromatic heterocycles. The Hall–Kier alpha value is -1.07. The zero-order valence-electron chi connectivity index (χ0n) is 10.6. The van der Waals surface area contributed by atoms with Crippen LogP contribution in [0.25, 0.3) is 0 Å². The van der Waals surface area contributed by atoms with E-state index < -0.39 is 18.0 Å². The van der Waals surface area contributed by atoms with Gasteiger partial charge in [-0.25, -0.2) is 4.79 Å². The molecule has 0 aromatic carbocycles. The molecule has 0 rings (SSSR count). The number of nitrogens with zero attached hydrogens (tertiary/aromatic N) is 1. The molecule has 1 amide bonds. The van der Waals surface area contributed by atoms with Gasteiger partial charge in [0.25, 0.3) is 0 Å². The van der Waals surface area contributed by atoms with Crippen LogP contribution in [0.1, 0.15) is 20.8 Å². The summed E-state index contributed by atoms with van der Waals surface area (Å²) < 4.78 is 9.75. The second-order valence-electron chi connectivity index (χ2n) is 4.42. The van der Waals surface area contributed by atoms with E-state index in [0.29, 0.717) is 6.54 Å². The second kappa shape index (κ2) is 6.50. The van der Waals surface area contributed by atoms with Gasteiger partial charge in [-0.3, -0.25) is 0 Å². The first-order chi connectivity index (χ1) is 7.26. The quantitative estimate of drug-likeness (QED) is 0.586. The van der Waals surface area contributed by atoms with Crippen LogP contribution in [0.15, 0.2) is 12.2 Å². The van der Waals surface area contributed by atoms with Gasteiger partial charge >= 0.3 is 6.09 Å². The predicted molar refractivity (Wildman–Crippen MR) is 61.0 cm³/mol. The highest BCUT2D eigenvalue weighted by molar-refractivity contribution is 5.67. The fourth-order valence-corrected chi connectivity index (χ4v) is 0.828. The normalized spacial score (nSPS) is 13.9. The van der Waals surface area contributed by atoms with Gasteiger partial charge in [0, 0.05) is 20.7 Å². The number of carbonyl (C=O) groups excluding carboxylic acids is 1. The van der Waals surface area contributed by atoms with Crippen LogP contribution in [0, 0.1) is 0 Å². The first-order valence-electron chi connectivity index (χ1n) is 5.08. The average Bonchev–Trinajstić information content (AvgIpc) is 2.14. The van der Waals surface area contributed by atoms with Gasteiger partial charge in [-0.15, -0.1) is 0 Å². The minimum absolute atomic E-state index is 0.356. The first kappa shape index (κ1) is 14.9. The fraction of sp³-hybridized carbons (Fsp3) is 0.727. The fourth-order valence-electron chi connectivity index (χ4n) is 0.828. The minimum atomic E-state index is -0.938. The largest absolute Gasteiger partial charge is 0.444 e. The van der Waals surface area contributed by atoms with Crippen molar-refractivity contribution in [3.05, 3.63) is 12.2 Å². The van der Waals surface area contributed by atoms with Gasteiger partial charge in [0.05, 0.1) is 0 Å². The Kier molecular flexibility index (Phi) is 6.06. The molecule has 94 valence electrons. The van der Waals surface area contributed by atoms with Crippen molar-refractivity contribution in [1.82, 2.24) is 4.90 Å². The van der Waals surface area contributed by atoms with Gasteiger partial charge in [-0.1, -0.05) is 6.08 Å². The highest BCUT2D eigenvalue weighted by atomic mass is 16.6. The number of rotatable bonds is 4. The minimum Gasteiger partial charge on any atom is -0.444 e. The topological polar surface area (TPSA) is 59.0 Å². The van der Waals surface area contributed by atoms with Crippen LogP contribution < -0.4 is 0 Å². The Morgan fingerprint density at radius 1 is 1.50 bits per heavy atom. The molecule has 1 N–H and O–H groups in total. The summed E-state index contributed by atoms with van der Waals surface area (Å²) in [4.78, 5) is 12.9. The number of carbonyl (C=O) groups is 1. The molecule has 0 saturated carbocycles. The van der Waals surface area contributed by atoms with E-state index in [1.54, 1.807) is 13.1 Å². The molecule has 1 unspecified atom stereocenters. The summed E-state index contributed by atoms with van der Waals surface area (Å²) in [6, 6.07) is 0. The Balaban J connectivity index is 4.02. The van der Waals surface area contributed by atoms with Crippen LogP contribution >= 0.6 is 0 Å². The van der Waals surface area contributed by atoms with Gasteiger partial charge in [0.1, 0.15) is 5.60 Å². The predicted octanol–water partition coefficient (Wildman–Crippen LogP) is 1.37. The van der Waals surface area contributed by atoms with E-state index in [-0.39, 0.29) is 0 Å². The summed E-state index contributed by atoms with van der Waals surface area (Å²) in [5.41, 5.74) is -0.499. The molecule has 0 aliphatic rings.